The van der Waals surface area contributed by atoms with E-state index in [1.54, 1.807) is 0 Å². The van der Waals surface area contributed by atoms with Gasteiger partial charge < -0.3 is 20.5 Å². The third-order valence-electron chi connectivity index (χ3n) is 1.81. The Morgan fingerprint density at radius 3 is 2.40 bits per heavy atom. The molecular weight excluding hydrogens is 196 g/mol. The molecule has 0 fully saturated rings. The summed E-state index contributed by atoms with van der Waals surface area (Å²) in [5.74, 6) is 0. The van der Waals surface area contributed by atoms with Crippen LogP contribution in [-0.2, 0) is 9.47 Å². The Kier molecular flexibility index (Phi) is 10.7. The Balaban J connectivity index is 2.89. The van der Waals surface area contributed by atoms with Crippen molar-refractivity contribution in [1.29, 1.82) is 0 Å². The molecule has 15 heavy (non-hydrogen) atoms. The van der Waals surface area contributed by atoms with Gasteiger partial charge in [0, 0.05) is 13.2 Å². The van der Waals surface area contributed by atoms with E-state index in [1.165, 1.54) is 12.8 Å². The molecule has 0 aromatic heterocycles. The summed E-state index contributed by atoms with van der Waals surface area (Å²) in [6.45, 7) is 5.06. The zero-order chi connectivity index (χ0) is 11.4. The number of nitrogens with two attached hydrogens (primary N) is 1. The summed E-state index contributed by atoms with van der Waals surface area (Å²) in [5, 5.41) is 2.44. The lowest BCUT2D eigenvalue weighted by atomic mass is 10.3. The third-order valence-corrected chi connectivity index (χ3v) is 1.81. The number of carbonyl (C=O) groups excluding carboxylic acids is 1. The molecule has 0 radical (unpaired) electrons. The van der Waals surface area contributed by atoms with Crippen LogP contribution in [0.5, 0.6) is 0 Å². The summed E-state index contributed by atoms with van der Waals surface area (Å²) in [6.07, 6.45) is 3.53. The molecule has 0 rings (SSSR count). The first-order chi connectivity index (χ1) is 7.27. The molecule has 0 unspecified atom stereocenters. The van der Waals surface area contributed by atoms with E-state index in [0.717, 1.165) is 13.0 Å². The van der Waals surface area contributed by atoms with Gasteiger partial charge in [0.2, 0.25) is 0 Å². The number of rotatable bonds is 10. The van der Waals surface area contributed by atoms with Crippen molar-refractivity contribution in [2.45, 2.75) is 26.2 Å². The van der Waals surface area contributed by atoms with E-state index in [-0.39, 0.29) is 0 Å². The van der Waals surface area contributed by atoms with Crippen molar-refractivity contribution < 1.29 is 14.3 Å². The van der Waals surface area contributed by atoms with Crippen LogP contribution in [0.1, 0.15) is 26.2 Å². The van der Waals surface area contributed by atoms with Crippen LogP contribution in [0.15, 0.2) is 0 Å². The molecular formula is C10H22N2O3. The number of urea groups is 1. The number of primary amides is 1. The largest absolute Gasteiger partial charge is 0.379 e. The van der Waals surface area contributed by atoms with Gasteiger partial charge in [-0.1, -0.05) is 19.8 Å². The third kappa shape index (κ3) is 13.2. The Morgan fingerprint density at radius 1 is 1.13 bits per heavy atom. The average Bonchev–Trinajstić information content (AvgIpc) is 2.20. The van der Waals surface area contributed by atoms with Gasteiger partial charge in [0.25, 0.3) is 0 Å². The van der Waals surface area contributed by atoms with Crippen LogP contribution in [0.3, 0.4) is 0 Å². The summed E-state index contributed by atoms with van der Waals surface area (Å²) in [7, 11) is 0. The highest BCUT2D eigenvalue weighted by Crippen LogP contribution is 1.93. The van der Waals surface area contributed by atoms with Crippen LogP contribution in [0.2, 0.25) is 0 Å². The maximum absolute atomic E-state index is 10.3. The molecule has 5 heteroatoms. The van der Waals surface area contributed by atoms with Gasteiger partial charge in [-0.05, 0) is 6.42 Å². The molecule has 3 N–H and O–H groups in total. The second-order valence-electron chi connectivity index (χ2n) is 3.22. The van der Waals surface area contributed by atoms with Gasteiger partial charge >= 0.3 is 6.03 Å². The van der Waals surface area contributed by atoms with Crippen LogP contribution >= 0.6 is 0 Å². The second-order valence-corrected chi connectivity index (χ2v) is 3.22. The van der Waals surface area contributed by atoms with Crippen LogP contribution in [0, 0.1) is 0 Å². The minimum absolute atomic E-state index is 0.450. The molecule has 0 saturated heterocycles. The molecule has 0 aliphatic carbocycles. The number of ether oxygens (including phenoxy) is 2. The molecule has 5 nitrogen and oxygen atoms in total. The molecule has 0 atom stereocenters. The van der Waals surface area contributed by atoms with Gasteiger partial charge in [-0.25, -0.2) is 4.79 Å². The average molecular weight is 218 g/mol. The Bertz CT molecular complexity index is 154. The normalized spacial score (nSPS) is 10.2. The van der Waals surface area contributed by atoms with Gasteiger partial charge in [-0.3, -0.25) is 0 Å². The van der Waals surface area contributed by atoms with Gasteiger partial charge in [0.05, 0.1) is 19.8 Å². The van der Waals surface area contributed by atoms with E-state index in [0.29, 0.717) is 26.4 Å². The fourth-order valence-electron chi connectivity index (χ4n) is 1.02. The zero-order valence-corrected chi connectivity index (χ0v) is 9.46. The fraction of sp³-hybridized carbons (Fsp3) is 0.900. The highest BCUT2D eigenvalue weighted by molar-refractivity contribution is 5.71. The quantitative estimate of drug-likeness (QED) is 0.534. The summed E-state index contributed by atoms with van der Waals surface area (Å²) in [4.78, 5) is 10.3. The molecule has 2 amide bonds. The van der Waals surface area contributed by atoms with Crippen molar-refractivity contribution >= 4 is 6.03 Å². The van der Waals surface area contributed by atoms with E-state index in [9.17, 15) is 4.79 Å². The van der Waals surface area contributed by atoms with Gasteiger partial charge in [-0.15, -0.1) is 0 Å². The topological polar surface area (TPSA) is 73.6 Å². The Morgan fingerprint density at radius 2 is 1.80 bits per heavy atom. The molecule has 0 aromatic carbocycles. The summed E-state index contributed by atoms with van der Waals surface area (Å²) >= 11 is 0. The van der Waals surface area contributed by atoms with Crippen molar-refractivity contribution in [3.8, 4) is 0 Å². The van der Waals surface area contributed by atoms with E-state index >= 15 is 0 Å². The number of carbonyl (C=O) groups is 1. The smallest absolute Gasteiger partial charge is 0.312 e. The molecule has 0 aromatic rings. The molecule has 0 aliphatic rings. The minimum atomic E-state index is -0.519. The highest BCUT2D eigenvalue weighted by Gasteiger charge is 1.92. The number of hydrogen-bond acceptors (Lipinski definition) is 3. The summed E-state index contributed by atoms with van der Waals surface area (Å²) in [6, 6.07) is -0.519. The molecule has 0 spiro atoms. The summed E-state index contributed by atoms with van der Waals surface area (Å²) in [5.41, 5.74) is 4.87. The number of unbranched alkanes of at least 4 members (excludes halogenated alkanes) is 2. The molecule has 0 saturated carbocycles. The predicted molar refractivity (Wildman–Crippen MR) is 58.7 cm³/mol. The van der Waals surface area contributed by atoms with Crippen molar-refractivity contribution in [2.75, 3.05) is 33.0 Å². The molecule has 90 valence electrons. The SMILES string of the molecule is CCCCCOCCOCCNC(N)=O. The molecule has 0 heterocycles. The van der Waals surface area contributed by atoms with Crippen LogP contribution in [0.25, 0.3) is 0 Å². The van der Waals surface area contributed by atoms with E-state index < -0.39 is 6.03 Å². The van der Waals surface area contributed by atoms with Crippen molar-refractivity contribution in [3.05, 3.63) is 0 Å². The van der Waals surface area contributed by atoms with Crippen LogP contribution in [0.4, 0.5) is 4.79 Å². The molecule has 0 bridgehead atoms. The number of hydrogen-bond donors (Lipinski definition) is 2. The molecule has 0 aliphatic heterocycles. The Hall–Kier alpha value is -0.810. The highest BCUT2D eigenvalue weighted by atomic mass is 16.5. The lowest BCUT2D eigenvalue weighted by molar-refractivity contribution is 0.0480. The van der Waals surface area contributed by atoms with Gasteiger partial charge in [0.1, 0.15) is 0 Å². The monoisotopic (exact) mass is 218 g/mol. The first-order valence-corrected chi connectivity index (χ1v) is 5.46. The first-order valence-electron chi connectivity index (χ1n) is 5.46. The number of amides is 2. The van der Waals surface area contributed by atoms with E-state index in [1.807, 2.05) is 0 Å². The minimum Gasteiger partial charge on any atom is -0.379 e. The van der Waals surface area contributed by atoms with Crippen LogP contribution < -0.4 is 11.1 Å². The predicted octanol–water partition coefficient (Wildman–Crippen LogP) is 0.878. The standard InChI is InChI=1S/C10H22N2O3/c1-2-3-4-6-14-8-9-15-7-5-12-10(11)13/h2-9H2,1H3,(H3,11,12,13). The van der Waals surface area contributed by atoms with Gasteiger partial charge in [-0.2, -0.15) is 0 Å². The Labute approximate surface area is 91.3 Å². The number of nitrogens with one attached hydrogen (secondary N) is 1. The van der Waals surface area contributed by atoms with Crippen molar-refractivity contribution in [1.82, 2.24) is 5.32 Å². The van der Waals surface area contributed by atoms with Gasteiger partial charge in [0.15, 0.2) is 0 Å². The van der Waals surface area contributed by atoms with Crippen molar-refractivity contribution in [3.63, 3.8) is 0 Å². The summed E-state index contributed by atoms with van der Waals surface area (Å²) < 4.78 is 10.5. The maximum Gasteiger partial charge on any atom is 0.312 e. The van der Waals surface area contributed by atoms with Crippen molar-refractivity contribution in [2.24, 2.45) is 5.73 Å². The lowest BCUT2D eigenvalue weighted by Gasteiger charge is -2.05. The zero-order valence-electron chi connectivity index (χ0n) is 9.46. The maximum atomic E-state index is 10.3. The van der Waals surface area contributed by atoms with E-state index in [4.69, 9.17) is 15.2 Å². The lowest BCUT2D eigenvalue weighted by Crippen LogP contribution is -2.32. The first kappa shape index (κ1) is 14.2. The fourth-order valence-corrected chi connectivity index (χ4v) is 1.02. The second kappa shape index (κ2) is 11.3. The van der Waals surface area contributed by atoms with Crippen LogP contribution in [-0.4, -0.2) is 39.0 Å². The van der Waals surface area contributed by atoms with E-state index in [2.05, 4.69) is 12.2 Å².